The molecule has 0 unspecified atom stereocenters. The highest BCUT2D eigenvalue weighted by molar-refractivity contribution is 7.99. The normalized spacial score (nSPS) is 23.9. The summed E-state index contributed by atoms with van der Waals surface area (Å²) in [6.07, 6.45) is 4.98. The lowest BCUT2D eigenvalue weighted by Gasteiger charge is -2.18. The van der Waals surface area contributed by atoms with Gasteiger partial charge in [-0.05, 0) is 43.6 Å². The lowest BCUT2D eigenvalue weighted by Crippen LogP contribution is -2.30. The minimum Gasteiger partial charge on any atom is -0.448 e. The van der Waals surface area contributed by atoms with E-state index in [0.29, 0.717) is 37.9 Å². The second-order valence-corrected chi connectivity index (χ2v) is 10.6. The highest BCUT2D eigenvalue weighted by Gasteiger charge is 2.27. The Kier molecular flexibility index (Phi) is 5.77. The zero-order valence-electron chi connectivity index (χ0n) is 17.2. The van der Waals surface area contributed by atoms with E-state index in [2.05, 4.69) is 6.92 Å². The molecule has 2 aromatic rings. The first kappa shape index (κ1) is 20.3. The molecule has 3 aliphatic rings. The lowest BCUT2D eigenvalue weighted by atomic mass is 9.89. The van der Waals surface area contributed by atoms with Crippen LogP contribution in [-0.4, -0.2) is 58.7 Å². The van der Waals surface area contributed by atoms with Crippen LogP contribution < -0.4 is 5.56 Å². The van der Waals surface area contributed by atoms with Gasteiger partial charge in [-0.2, -0.15) is 0 Å². The minimum absolute atomic E-state index is 0.0735. The summed E-state index contributed by atoms with van der Waals surface area (Å²) < 4.78 is 12.7. The number of cyclic esters (lactones) is 1. The third kappa shape index (κ3) is 3.87. The molecule has 1 amide bonds. The Hall–Kier alpha value is -1.58. The topological polar surface area (TPSA) is 73.7 Å². The van der Waals surface area contributed by atoms with Gasteiger partial charge in [0.1, 0.15) is 11.4 Å². The molecule has 2 saturated heterocycles. The predicted octanol–water partition coefficient (Wildman–Crippen LogP) is 3.31. The first-order valence-electron chi connectivity index (χ1n) is 10.8. The van der Waals surface area contributed by atoms with Gasteiger partial charge in [0.05, 0.1) is 24.6 Å². The van der Waals surface area contributed by atoms with E-state index in [4.69, 9.17) is 14.5 Å². The van der Waals surface area contributed by atoms with Gasteiger partial charge in [-0.1, -0.05) is 18.7 Å². The summed E-state index contributed by atoms with van der Waals surface area (Å²) in [4.78, 5) is 34.1. The van der Waals surface area contributed by atoms with Gasteiger partial charge < -0.3 is 14.4 Å². The molecule has 0 saturated carbocycles. The van der Waals surface area contributed by atoms with Crippen molar-refractivity contribution < 1.29 is 14.3 Å². The number of thiophene rings is 1. The Morgan fingerprint density at radius 1 is 1.27 bits per heavy atom. The zero-order valence-corrected chi connectivity index (χ0v) is 18.9. The molecule has 0 aromatic carbocycles. The summed E-state index contributed by atoms with van der Waals surface area (Å²) in [7, 11) is 0. The average Bonchev–Trinajstić information content (AvgIpc) is 3.45. The second kappa shape index (κ2) is 8.51. The van der Waals surface area contributed by atoms with E-state index < -0.39 is 0 Å². The number of aryl methyl sites for hydroxylation is 1. The Bertz CT molecular complexity index is 1010. The molecule has 2 aliphatic heterocycles. The van der Waals surface area contributed by atoms with E-state index in [1.54, 1.807) is 28.0 Å². The molecule has 9 heteroatoms. The summed E-state index contributed by atoms with van der Waals surface area (Å²) in [5.41, 5.74) is 1.30. The molecule has 0 N–H and O–H groups in total. The summed E-state index contributed by atoms with van der Waals surface area (Å²) in [6, 6.07) is 0. The van der Waals surface area contributed by atoms with Crippen molar-refractivity contribution in [2.75, 3.05) is 32.1 Å². The van der Waals surface area contributed by atoms with Gasteiger partial charge in [-0.3, -0.25) is 9.36 Å². The second-order valence-electron chi connectivity index (χ2n) is 8.43. The quantitative estimate of drug-likeness (QED) is 0.498. The maximum absolute atomic E-state index is 13.6. The monoisotopic (exact) mass is 449 g/mol. The van der Waals surface area contributed by atoms with Crippen molar-refractivity contribution in [1.29, 1.82) is 0 Å². The van der Waals surface area contributed by atoms with Crippen molar-refractivity contribution in [2.45, 2.75) is 56.8 Å². The van der Waals surface area contributed by atoms with Gasteiger partial charge >= 0.3 is 6.09 Å². The Morgan fingerprint density at radius 3 is 2.93 bits per heavy atom. The largest absolute Gasteiger partial charge is 0.448 e. The van der Waals surface area contributed by atoms with E-state index in [1.165, 1.54) is 10.4 Å². The molecule has 0 radical (unpaired) electrons. The number of carbonyl (C=O) groups excluding carboxylic acids is 1. The third-order valence-corrected chi connectivity index (χ3v) is 8.33. The molecule has 7 nitrogen and oxygen atoms in total. The van der Waals surface area contributed by atoms with Crippen LogP contribution in [0.1, 0.15) is 36.6 Å². The van der Waals surface area contributed by atoms with Crippen LogP contribution in [0.5, 0.6) is 0 Å². The molecule has 2 atom stereocenters. The summed E-state index contributed by atoms with van der Waals surface area (Å²) in [5, 5.41) is 1.56. The number of carbonyl (C=O) groups is 1. The molecular formula is C21H27N3O4S2. The molecule has 0 spiro atoms. The van der Waals surface area contributed by atoms with Crippen LogP contribution in [0.2, 0.25) is 0 Å². The fraction of sp³-hybridized carbons (Fsp3) is 0.667. The van der Waals surface area contributed by atoms with Crippen molar-refractivity contribution in [2.24, 2.45) is 5.92 Å². The zero-order chi connectivity index (χ0) is 20.7. The van der Waals surface area contributed by atoms with Crippen LogP contribution in [0.25, 0.3) is 10.2 Å². The van der Waals surface area contributed by atoms with Crippen LogP contribution in [0.4, 0.5) is 4.79 Å². The number of amides is 1. The van der Waals surface area contributed by atoms with Gasteiger partial charge in [-0.15, -0.1) is 11.3 Å². The van der Waals surface area contributed by atoms with Gasteiger partial charge in [0.25, 0.3) is 5.56 Å². The molecular weight excluding hydrogens is 422 g/mol. The SMILES string of the molecule is C[C@@H]1CCc2c(sc3nc(SCCN4CCOC4=O)n(C[C@H]4CCCO4)c(=O)c23)C1. The Balaban J connectivity index is 1.47. The third-order valence-electron chi connectivity index (χ3n) is 6.23. The number of nitrogens with zero attached hydrogens (tertiary/aromatic N) is 3. The highest BCUT2D eigenvalue weighted by Crippen LogP contribution is 2.36. The molecule has 30 heavy (non-hydrogen) atoms. The number of rotatable bonds is 6. The molecule has 4 heterocycles. The summed E-state index contributed by atoms with van der Waals surface area (Å²) in [6.45, 7) is 5.27. The van der Waals surface area contributed by atoms with Crippen molar-refractivity contribution in [3.8, 4) is 0 Å². The number of hydrogen-bond acceptors (Lipinski definition) is 7. The van der Waals surface area contributed by atoms with Crippen molar-refractivity contribution in [3.63, 3.8) is 0 Å². The standard InChI is InChI=1S/C21H27N3O4S2/c1-13-4-5-15-16(11-13)30-18-17(15)19(25)24(12-14-3-2-8-27-14)20(22-18)29-10-7-23-6-9-28-21(23)26/h13-14H,2-12H2,1H3/t13-,14-/m1/s1. The van der Waals surface area contributed by atoms with Gasteiger partial charge in [0.15, 0.2) is 5.16 Å². The van der Waals surface area contributed by atoms with Gasteiger partial charge in [0.2, 0.25) is 0 Å². The van der Waals surface area contributed by atoms with Crippen molar-refractivity contribution in [3.05, 3.63) is 20.8 Å². The summed E-state index contributed by atoms with van der Waals surface area (Å²) >= 11 is 3.24. The van der Waals surface area contributed by atoms with E-state index in [1.807, 2.05) is 4.57 Å². The van der Waals surface area contributed by atoms with Crippen molar-refractivity contribution in [1.82, 2.24) is 14.5 Å². The number of hydrogen-bond donors (Lipinski definition) is 0. The Morgan fingerprint density at radius 2 is 2.17 bits per heavy atom. The van der Waals surface area contributed by atoms with Crippen molar-refractivity contribution >= 4 is 39.4 Å². The molecule has 2 aromatic heterocycles. The van der Waals surface area contributed by atoms with E-state index in [-0.39, 0.29) is 17.8 Å². The number of thioether (sulfide) groups is 1. The highest BCUT2D eigenvalue weighted by atomic mass is 32.2. The van der Waals surface area contributed by atoms with Crippen LogP contribution in [-0.2, 0) is 28.9 Å². The first-order valence-corrected chi connectivity index (χ1v) is 12.6. The van der Waals surface area contributed by atoms with Crippen LogP contribution in [0, 0.1) is 5.92 Å². The molecule has 0 bridgehead atoms. The fourth-order valence-electron chi connectivity index (χ4n) is 4.54. The van der Waals surface area contributed by atoms with Crippen LogP contribution in [0.15, 0.2) is 9.95 Å². The lowest BCUT2D eigenvalue weighted by molar-refractivity contribution is 0.0937. The molecule has 2 fully saturated rings. The number of fused-ring (bicyclic) bond motifs is 3. The number of ether oxygens (including phenoxy) is 2. The number of aromatic nitrogens is 2. The van der Waals surface area contributed by atoms with E-state index in [0.717, 1.165) is 54.1 Å². The molecule has 162 valence electrons. The minimum atomic E-state index is -0.254. The maximum Gasteiger partial charge on any atom is 0.409 e. The van der Waals surface area contributed by atoms with E-state index in [9.17, 15) is 9.59 Å². The first-order chi connectivity index (χ1) is 14.6. The molecule has 1 aliphatic carbocycles. The smallest absolute Gasteiger partial charge is 0.409 e. The summed E-state index contributed by atoms with van der Waals surface area (Å²) in [5.74, 6) is 1.34. The maximum atomic E-state index is 13.6. The predicted molar refractivity (Wildman–Crippen MR) is 118 cm³/mol. The fourth-order valence-corrected chi connectivity index (χ4v) is 6.94. The Labute approximate surface area is 183 Å². The van der Waals surface area contributed by atoms with E-state index >= 15 is 0 Å². The van der Waals surface area contributed by atoms with Gasteiger partial charge in [0, 0.05) is 23.8 Å². The van der Waals surface area contributed by atoms with Crippen LogP contribution >= 0.6 is 23.1 Å². The molecule has 5 rings (SSSR count). The van der Waals surface area contributed by atoms with Gasteiger partial charge in [-0.25, -0.2) is 9.78 Å². The average molecular weight is 450 g/mol. The van der Waals surface area contributed by atoms with Crippen LogP contribution in [0.3, 0.4) is 0 Å².